The minimum absolute atomic E-state index is 0.357. The van der Waals surface area contributed by atoms with E-state index in [2.05, 4.69) is 5.32 Å². The summed E-state index contributed by atoms with van der Waals surface area (Å²) in [5, 5.41) is 2.28. The van der Waals surface area contributed by atoms with Gasteiger partial charge in [-0.3, -0.25) is 4.57 Å². The third kappa shape index (κ3) is 2.80. The average molecular weight is 236 g/mol. The van der Waals surface area contributed by atoms with E-state index in [9.17, 15) is 4.57 Å². The zero-order chi connectivity index (χ0) is 11.4. The first-order chi connectivity index (χ1) is 7.08. The molecular formula is C9H21N2O3P. The van der Waals surface area contributed by atoms with Gasteiger partial charge in [0.1, 0.15) is 5.28 Å². The summed E-state index contributed by atoms with van der Waals surface area (Å²) < 4.78 is 23.0. The van der Waals surface area contributed by atoms with Crippen molar-refractivity contribution < 1.29 is 13.6 Å². The molecule has 1 saturated heterocycles. The number of rotatable bonds is 5. The van der Waals surface area contributed by atoms with Gasteiger partial charge in [-0.2, -0.15) is 0 Å². The molecule has 0 aromatic heterocycles. The van der Waals surface area contributed by atoms with Gasteiger partial charge in [-0.05, 0) is 33.2 Å². The SMILES string of the molecule is CCOP(=O)(OCC)[C@@]1(N)CCCNC1. The molecule has 0 saturated carbocycles. The second-order valence-electron chi connectivity index (χ2n) is 3.72. The van der Waals surface area contributed by atoms with Crippen molar-refractivity contribution in [2.75, 3.05) is 26.3 Å². The van der Waals surface area contributed by atoms with E-state index in [1.807, 2.05) is 0 Å². The maximum Gasteiger partial charge on any atom is 0.351 e. The number of nitrogens with one attached hydrogen (secondary N) is 1. The number of nitrogens with two attached hydrogens (primary N) is 1. The molecule has 5 nitrogen and oxygen atoms in total. The maximum atomic E-state index is 12.5. The predicted molar refractivity (Wildman–Crippen MR) is 59.9 cm³/mol. The fraction of sp³-hybridized carbons (Fsp3) is 1.00. The highest BCUT2D eigenvalue weighted by Crippen LogP contribution is 2.59. The van der Waals surface area contributed by atoms with Crippen LogP contribution in [0.5, 0.6) is 0 Å². The Labute approximate surface area is 91.2 Å². The predicted octanol–water partition coefficient (Wildman–Crippen LogP) is 1.29. The van der Waals surface area contributed by atoms with Crippen molar-refractivity contribution in [1.82, 2.24) is 5.32 Å². The van der Waals surface area contributed by atoms with Crippen molar-refractivity contribution in [3.63, 3.8) is 0 Å². The van der Waals surface area contributed by atoms with Gasteiger partial charge < -0.3 is 20.1 Å². The Morgan fingerprint density at radius 1 is 1.40 bits per heavy atom. The van der Waals surface area contributed by atoms with Gasteiger partial charge in [0, 0.05) is 6.54 Å². The van der Waals surface area contributed by atoms with Crippen LogP contribution in [0.3, 0.4) is 0 Å². The molecule has 90 valence electrons. The summed E-state index contributed by atoms with van der Waals surface area (Å²) in [5.74, 6) is 0. The quantitative estimate of drug-likeness (QED) is 0.704. The Morgan fingerprint density at radius 3 is 2.40 bits per heavy atom. The highest BCUT2D eigenvalue weighted by Gasteiger charge is 2.48. The number of piperidine rings is 1. The van der Waals surface area contributed by atoms with Crippen molar-refractivity contribution in [3.8, 4) is 0 Å². The van der Waals surface area contributed by atoms with Crippen LogP contribution in [0.15, 0.2) is 0 Å². The van der Waals surface area contributed by atoms with E-state index in [0.29, 0.717) is 26.2 Å². The molecule has 0 amide bonds. The Balaban J connectivity index is 2.80. The molecule has 1 aliphatic rings. The Bertz CT molecular complexity index is 232. The summed E-state index contributed by atoms with van der Waals surface area (Å²) in [5.41, 5.74) is 6.13. The van der Waals surface area contributed by atoms with Gasteiger partial charge in [0.15, 0.2) is 0 Å². The first-order valence-electron chi connectivity index (χ1n) is 5.47. The van der Waals surface area contributed by atoms with Crippen LogP contribution in [-0.2, 0) is 13.6 Å². The average Bonchev–Trinajstić information content (AvgIpc) is 2.19. The van der Waals surface area contributed by atoms with Crippen LogP contribution in [0.4, 0.5) is 0 Å². The van der Waals surface area contributed by atoms with Gasteiger partial charge in [-0.15, -0.1) is 0 Å². The van der Waals surface area contributed by atoms with Crippen molar-refractivity contribution in [2.45, 2.75) is 32.0 Å². The van der Waals surface area contributed by atoms with E-state index in [-0.39, 0.29) is 0 Å². The minimum Gasteiger partial charge on any atom is -0.314 e. The lowest BCUT2D eigenvalue weighted by Gasteiger charge is -2.38. The minimum atomic E-state index is -3.19. The van der Waals surface area contributed by atoms with E-state index in [1.54, 1.807) is 13.8 Å². The van der Waals surface area contributed by atoms with Gasteiger partial charge in [0.25, 0.3) is 0 Å². The fourth-order valence-electron chi connectivity index (χ4n) is 1.78. The van der Waals surface area contributed by atoms with E-state index in [4.69, 9.17) is 14.8 Å². The second kappa shape index (κ2) is 5.41. The van der Waals surface area contributed by atoms with Gasteiger partial charge in [-0.25, -0.2) is 0 Å². The van der Waals surface area contributed by atoms with Crippen molar-refractivity contribution in [3.05, 3.63) is 0 Å². The molecule has 1 heterocycles. The number of hydrogen-bond acceptors (Lipinski definition) is 5. The summed E-state index contributed by atoms with van der Waals surface area (Å²) in [6.07, 6.45) is 1.58. The second-order valence-corrected chi connectivity index (χ2v) is 6.12. The summed E-state index contributed by atoms with van der Waals surface area (Å²) in [7, 11) is -3.19. The van der Waals surface area contributed by atoms with Crippen molar-refractivity contribution in [1.29, 1.82) is 0 Å². The molecular weight excluding hydrogens is 215 g/mol. The first-order valence-corrected chi connectivity index (χ1v) is 7.01. The summed E-state index contributed by atoms with van der Waals surface area (Å²) in [6, 6.07) is 0. The lowest BCUT2D eigenvalue weighted by molar-refractivity contribution is 0.186. The lowest BCUT2D eigenvalue weighted by Crippen LogP contribution is -2.52. The Kier molecular flexibility index (Phi) is 4.74. The summed E-state index contributed by atoms with van der Waals surface area (Å²) in [4.78, 5) is 0. The van der Waals surface area contributed by atoms with Crippen LogP contribution in [-0.4, -0.2) is 31.6 Å². The van der Waals surface area contributed by atoms with Crippen molar-refractivity contribution >= 4 is 7.60 Å². The maximum absolute atomic E-state index is 12.5. The Morgan fingerprint density at radius 2 is 2.00 bits per heavy atom. The molecule has 15 heavy (non-hydrogen) atoms. The molecule has 0 aliphatic carbocycles. The fourth-order valence-corrected chi connectivity index (χ4v) is 3.79. The van der Waals surface area contributed by atoms with Crippen LogP contribution in [0.25, 0.3) is 0 Å². The standard InChI is InChI=1S/C9H21N2O3P/c1-3-13-15(12,14-4-2)9(10)6-5-7-11-8-9/h11H,3-8,10H2,1-2H3/t9-/m0/s1. The molecule has 0 aromatic carbocycles. The molecule has 1 rings (SSSR count). The van der Waals surface area contributed by atoms with Gasteiger partial charge in [-0.1, -0.05) is 0 Å². The molecule has 3 N–H and O–H groups in total. The molecule has 0 unspecified atom stereocenters. The van der Waals surface area contributed by atoms with E-state index in [0.717, 1.165) is 13.0 Å². The summed E-state index contributed by atoms with van der Waals surface area (Å²) in [6.45, 7) is 5.71. The number of hydrogen-bond donors (Lipinski definition) is 2. The van der Waals surface area contributed by atoms with E-state index < -0.39 is 12.9 Å². The molecule has 0 aromatic rings. The molecule has 1 aliphatic heterocycles. The van der Waals surface area contributed by atoms with E-state index in [1.165, 1.54) is 0 Å². The highest BCUT2D eigenvalue weighted by molar-refractivity contribution is 7.55. The van der Waals surface area contributed by atoms with Crippen LogP contribution in [0, 0.1) is 0 Å². The third-order valence-electron chi connectivity index (χ3n) is 2.54. The van der Waals surface area contributed by atoms with Crippen LogP contribution in [0.1, 0.15) is 26.7 Å². The molecule has 0 bridgehead atoms. The Hall–Kier alpha value is 0.0700. The molecule has 1 fully saturated rings. The largest absolute Gasteiger partial charge is 0.351 e. The molecule has 0 spiro atoms. The highest BCUT2D eigenvalue weighted by atomic mass is 31.2. The topological polar surface area (TPSA) is 73.6 Å². The third-order valence-corrected chi connectivity index (χ3v) is 5.21. The monoisotopic (exact) mass is 236 g/mol. The molecule has 6 heteroatoms. The summed E-state index contributed by atoms with van der Waals surface area (Å²) >= 11 is 0. The van der Waals surface area contributed by atoms with Gasteiger partial charge in [0.2, 0.25) is 0 Å². The van der Waals surface area contributed by atoms with Crippen LogP contribution < -0.4 is 11.1 Å². The normalized spacial score (nSPS) is 27.9. The first kappa shape index (κ1) is 13.1. The van der Waals surface area contributed by atoms with Crippen LogP contribution >= 0.6 is 7.60 Å². The van der Waals surface area contributed by atoms with E-state index >= 15 is 0 Å². The van der Waals surface area contributed by atoms with Gasteiger partial charge in [0.05, 0.1) is 13.2 Å². The molecule has 1 atom stereocenters. The molecule has 0 radical (unpaired) electrons. The zero-order valence-corrected chi connectivity index (χ0v) is 10.4. The smallest absolute Gasteiger partial charge is 0.314 e. The van der Waals surface area contributed by atoms with Crippen molar-refractivity contribution in [2.24, 2.45) is 5.73 Å². The van der Waals surface area contributed by atoms with Crippen LogP contribution in [0.2, 0.25) is 0 Å². The lowest BCUT2D eigenvalue weighted by atomic mass is 10.1. The van der Waals surface area contributed by atoms with Gasteiger partial charge >= 0.3 is 7.60 Å². The zero-order valence-electron chi connectivity index (χ0n) is 9.49.